The summed E-state index contributed by atoms with van der Waals surface area (Å²) in [7, 11) is 1.54. The molecule has 0 unspecified atom stereocenters. The van der Waals surface area contributed by atoms with Gasteiger partial charge < -0.3 is 9.64 Å². The molecule has 2 heterocycles. The van der Waals surface area contributed by atoms with Gasteiger partial charge in [0.2, 0.25) is 11.6 Å². The van der Waals surface area contributed by atoms with E-state index in [1.165, 1.54) is 0 Å². The van der Waals surface area contributed by atoms with E-state index in [1.807, 2.05) is 47.0 Å². The zero-order chi connectivity index (χ0) is 15.4. The van der Waals surface area contributed by atoms with Crippen LogP contribution < -0.4 is 4.74 Å². The number of carbonyl (C=O) groups excluding carboxylic acids is 1. The Kier molecular flexibility index (Phi) is 4.62. The fourth-order valence-corrected chi connectivity index (χ4v) is 3.32. The smallest absolute Gasteiger partial charge is 0.280 e. The van der Waals surface area contributed by atoms with Crippen molar-refractivity contribution >= 4 is 17.7 Å². The van der Waals surface area contributed by atoms with Gasteiger partial charge in [0, 0.05) is 24.6 Å². The second kappa shape index (κ2) is 6.83. The molecule has 1 aromatic heterocycles. The molecule has 1 amide bonds. The molecule has 6 nitrogen and oxygen atoms in total. The van der Waals surface area contributed by atoms with E-state index in [0.29, 0.717) is 18.1 Å². The van der Waals surface area contributed by atoms with Crippen LogP contribution in [-0.2, 0) is 6.54 Å². The Labute approximate surface area is 133 Å². The zero-order valence-electron chi connectivity index (χ0n) is 12.4. The summed E-state index contributed by atoms with van der Waals surface area (Å²) in [4.78, 5) is 14.4. The van der Waals surface area contributed by atoms with Crippen LogP contribution in [0.3, 0.4) is 0 Å². The van der Waals surface area contributed by atoms with Gasteiger partial charge in [-0.15, -0.1) is 5.10 Å². The molecule has 0 saturated carbocycles. The maximum atomic E-state index is 12.6. The number of aromatic nitrogens is 3. The zero-order valence-corrected chi connectivity index (χ0v) is 13.3. The highest BCUT2D eigenvalue weighted by atomic mass is 32.2. The van der Waals surface area contributed by atoms with Gasteiger partial charge in [0.05, 0.1) is 13.7 Å². The Morgan fingerprint density at radius 1 is 1.27 bits per heavy atom. The van der Waals surface area contributed by atoms with Crippen LogP contribution in [0.5, 0.6) is 5.88 Å². The van der Waals surface area contributed by atoms with E-state index in [4.69, 9.17) is 4.74 Å². The molecule has 7 heteroatoms. The van der Waals surface area contributed by atoms with Gasteiger partial charge in [-0.2, -0.15) is 11.8 Å². The van der Waals surface area contributed by atoms with Crippen LogP contribution >= 0.6 is 11.8 Å². The maximum absolute atomic E-state index is 12.6. The van der Waals surface area contributed by atoms with Gasteiger partial charge in [-0.25, -0.2) is 4.68 Å². The van der Waals surface area contributed by atoms with Crippen molar-refractivity contribution in [2.45, 2.75) is 6.54 Å². The fourth-order valence-electron chi connectivity index (χ4n) is 2.42. The molecule has 22 heavy (non-hydrogen) atoms. The third-order valence-electron chi connectivity index (χ3n) is 3.56. The van der Waals surface area contributed by atoms with Crippen LogP contribution in [0.2, 0.25) is 0 Å². The minimum atomic E-state index is -0.100. The molecule has 0 N–H and O–H groups in total. The van der Waals surface area contributed by atoms with Crippen LogP contribution in [0.25, 0.3) is 0 Å². The van der Waals surface area contributed by atoms with Crippen LogP contribution in [0.15, 0.2) is 30.3 Å². The first-order valence-electron chi connectivity index (χ1n) is 7.18. The van der Waals surface area contributed by atoms with Crippen molar-refractivity contribution in [1.82, 2.24) is 19.9 Å². The highest BCUT2D eigenvalue weighted by molar-refractivity contribution is 7.99. The number of rotatable bonds is 4. The van der Waals surface area contributed by atoms with Gasteiger partial charge >= 0.3 is 0 Å². The number of ether oxygens (including phenoxy) is 1. The summed E-state index contributed by atoms with van der Waals surface area (Å²) in [6, 6.07) is 9.91. The molecule has 2 aromatic rings. The molecule has 1 saturated heterocycles. The molecule has 0 bridgehead atoms. The lowest BCUT2D eigenvalue weighted by molar-refractivity contribution is 0.0762. The van der Waals surface area contributed by atoms with E-state index in [0.717, 1.165) is 30.2 Å². The number of methoxy groups -OCH3 is 1. The predicted molar refractivity (Wildman–Crippen MR) is 85.3 cm³/mol. The van der Waals surface area contributed by atoms with Crippen LogP contribution in [0.1, 0.15) is 16.1 Å². The summed E-state index contributed by atoms with van der Waals surface area (Å²) < 4.78 is 7.01. The number of hydrogen-bond donors (Lipinski definition) is 0. The SMILES string of the molecule is COc1c(C(=O)N2CCSCC2)nnn1Cc1ccccc1. The fraction of sp³-hybridized carbons (Fsp3) is 0.400. The lowest BCUT2D eigenvalue weighted by atomic mass is 10.2. The quantitative estimate of drug-likeness (QED) is 0.855. The van der Waals surface area contributed by atoms with E-state index >= 15 is 0 Å². The van der Waals surface area contributed by atoms with Gasteiger partial charge in [-0.3, -0.25) is 4.79 Å². The molecule has 116 valence electrons. The number of amides is 1. The highest BCUT2D eigenvalue weighted by Gasteiger charge is 2.26. The predicted octanol–water partition coefficient (Wildman–Crippen LogP) is 1.52. The van der Waals surface area contributed by atoms with Gasteiger partial charge in [0.15, 0.2) is 0 Å². The van der Waals surface area contributed by atoms with Crippen molar-refractivity contribution in [1.29, 1.82) is 0 Å². The third kappa shape index (κ3) is 3.09. The van der Waals surface area contributed by atoms with Crippen molar-refractivity contribution in [3.8, 4) is 5.88 Å². The summed E-state index contributed by atoms with van der Waals surface area (Å²) in [5, 5.41) is 8.14. The molecule has 1 fully saturated rings. The Balaban J connectivity index is 1.82. The van der Waals surface area contributed by atoms with Crippen LogP contribution in [-0.4, -0.2) is 57.5 Å². The molecule has 1 aliphatic heterocycles. The second-order valence-electron chi connectivity index (χ2n) is 5.00. The summed E-state index contributed by atoms with van der Waals surface area (Å²) in [6.07, 6.45) is 0. The van der Waals surface area contributed by atoms with Gasteiger partial charge in [0.25, 0.3) is 5.91 Å². The third-order valence-corrected chi connectivity index (χ3v) is 4.50. The number of nitrogens with zero attached hydrogens (tertiary/aromatic N) is 4. The first-order valence-corrected chi connectivity index (χ1v) is 8.33. The molecule has 0 atom stereocenters. The Hall–Kier alpha value is -2.02. The van der Waals surface area contributed by atoms with Crippen molar-refractivity contribution in [3.63, 3.8) is 0 Å². The number of carbonyl (C=O) groups is 1. The number of thioether (sulfide) groups is 1. The van der Waals surface area contributed by atoms with E-state index in [2.05, 4.69) is 10.3 Å². The normalized spacial score (nSPS) is 14.9. The van der Waals surface area contributed by atoms with E-state index in [9.17, 15) is 4.79 Å². The van der Waals surface area contributed by atoms with E-state index < -0.39 is 0 Å². The van der Waals surface area contributed by atoms with Gasteiger partial charge in [-0.1, -0.05) is 35.5 Å². The number of benzene rings is 1. The molecule has 1 aliphatic rings. The molecular weight excluding hydrogens is 300 g/mol. The summed E-state index contributed by atoms with van der Waals surface area (Å²) >= 11 is 1.86. The van der Waals surface area contributed by atoms with E-state index in [-0.39, 0.29) is 5.91 Å². The van der Waals surface area contributed by atoms with Gasteiger partial charge in [0.1, 0.15) is 0 Å². The van der Waals surface area contributed by atoms with Crippen molar-refractivity contribution in [2.75, 3.05) is 31.7 Å². The molecule has 0 aliphatic carbocycles. The Morgan fingerprint density at radius 3 is 2.68 bits per heavy atom. The summed E-state index contributed by atoms with van der Waals surface area (Å²) in [5.41, 5.74) is 1.38. The topological polar surface area (TPSA) is 60.2 Å². The van der Waals surface area contributed by atoms with Crippen molar-refractivity contribution < 1.29 is 9.53 Å². The lowest BCUT2D eigenvalue weighted by Gasteiger charge is -2.25. The Bertz CT molecular complexity index is 638. The van der Waals surface area contributed by atoms with Gasteiger partial charge in [-0.05, 0) is 5.56 Å². The number of hydrogen-bond acceptors (Lipinski definition) is 5. The summed E-state index contributed by atoms with van der Waals surface area (Å²) in [6.45, 7) is 2.02. The lowest BCUT2D eigenvalue weighted by Crippen LogP contribution is -2.38. The molecular formula is C15H18N4O2S. The molecule has 0 radical (unpaired) electrons. The standard InChI is InChI=1S/C15H18N4O2S/c1-21-15-13(14(20)18-7-9-22-10-8-18)16-17-19(15)11-12-5-3-2-4-6-12/h2-6H,7-11H2,1H3. The monoisotopic (exact) mass is 318 g/mol. The minimum absolute atomic E-state index is 0.100. The van der Waals surface area contributed by atoms with E-state index in [1.54, 1.807) is 11.8 Å². The van der Waals surface area contributed by atoms with Crippen molar-refractivity contribution in [3.05, 3.63) is 41.6 Å². The van der Waals surface area contributed by atoms with Crippen LogP contribution in [0.4, 0.5) is 0 Å². The molecule has 0 spiro atoms. The average Bonchev–Trinajstić information content (AvgIpc) is 2.98. The highest BCUT2D eigenvalue weighted by Crippen LogP contribution is 2.20. The summed E-state index contributed by atoms with van der Waals surface area (Å²) in [5.74, 6) is 2.25. The largest absolute Gasteiger partial charge is 0.479 e. The average molecular weight is 318 g/mol. The molecule has 1 aromatic carbocycles. The maximum Gasteiger partial charge on any atom is 0.280 e. The first-order chi connectivity index (χ1) is 10.8. The minimum Gasteiger partial charge on any atom is -0.479 e. The molecule has 3 rings (SSSR count). The van der Waals surface area contributed by atoms with Crippen LogP contribution in [0, 0.1) is 0 Å². The Morgan fingerprint density at radius 2 is 2.00 bits per heavy atom. The first kappa shape index (κ1) is 14.9. The van der Waals surface area contributed by atoms with Crippen molar-refractivity contribution in [2.24, 2.45) is 0 Å². The second-order valence-corrected chi connectivity index (χ2v) is 6.22.